The summed E-state index contributed by atoms with van der Waals surface area (Å²) in [7, 11) is 1.86. The molecule has 3 rings (SSSR count). The van der Waals surface area contributed by atoms with Gasteiger partial charge in [0.15, 0.2) is 0 Å². The van der Waals surface area contributed by atoms with Crippen molar-refractivity contribution >= 4 is 17.2 Å². The first-order valence-corrected chi connectivity index (χ1v) is 9.09. The second kappa shape index (κ2) is 7.88. The topological polar surface area (TPSA) is 45.7 Å². The smallest absolute Gasteiger partial charge is 0.253 e. The third-order valence-electron chi connectivity index (χ3n) is 4.20. The number of hydrogen-bond acceptors (Lipinski definition) is 5. The Morgan fingerprint density at radius 1 is 1.29 bits per heavy atom. The molecule has 1 aromatic heterocycles. The van der Waals surface area contributed by atoms with Crippen LogP contribution in [0.1, 0.15) is 16.1 Å². The van der Waals surface area contributed by atoms with E-state index in [4.69, 9.17) is 4.74 Å². The molecule has 1 amide bonds. The molecule has 0 bridgehead atoms. The van der Waals surface area contributed by atoms with Gasteiger partial charge in [-0.15, -0.1) is 11.3 Å². The Hall–Kier alpha value is -1.76. The van der Waals surface area contributed by atoms with Crippen LogP contribution in [-0.4, -0.2) is 67.1 Å². The predicted octanol–water partition coefficient (Wildman–Crippen LogP) is 2.52. The highest BCUT2D eigenvalue weighted by Gasteiger charge is 2.15. The number of aromatic nitrogens is 1. The molecular weight excluding hydrogens is 322 g/mol. The number of benzene rings is 1. The Labute approximate surface area is 146 Å². The van der Waals surface area contributed by atoms with Crippen LogP contribution in [0.5, 0.6) is 0 Å². The summed E-state index contributed by atoms with van der Waals surface area (Å²) in [5.74, 6) is 0.0603. The van der Waals surface area contributed by atoms with E-state index in [0.29, 0.717) is 0 Å². The van der Waals surface area contributed by atoms with Gasteiger partial charge in [-0.25, -0.2) is 4.98 Å². The van der Waals surface area contributed by atoms with Gasteiger partial charge in [0.2, 0.25) is 0 Å². The fourth-order valence-corrected chi connectivity index (χ4v) is 3.48. The van der Waals surface area contributed by atoms with Gasteiger partial charge in [-0.2, -0.15) is 0 Å². The molecule has 1 aromatic carbocycles. The Kier molecular flexibility index (Phi) is 5.60. The zero-order chi connectivity index (χ0) is 16.9. The van der Waals surface area contributed by atoms with Crippen LogP contribution in [0, 0.1) is 6.92 Å². The van der Waals surface area contributed by atoms with Crippen LogP contribution < -0.4 is 0 Å². The number of carbonyl (C=O) groups excluding carboxylic acids is 1. The Morgan fingerprint density at radius 2 is 2.00 bits per heavy atom. The van der Waals surface area contributed by atoms with Gasteiger partial charge < -0.3 is 9.64 Å². The van der Waals surface area contributed by atoms with E-state index in [1.807, 2.05) is 43.6 Å². The number of thiazole rings is 1. The molecule has 2 aromatic rings. The fourth-order valence-electron chi connectivity index (χ4n) is 2.68. The van der Waals surface area contributed by atoms with Crippen molar-refractivity contribution in [2.75, 3.05) is 46.4 Å². The van der Waals surface area contributed by atoms with E-state index in [2.05, 4.69) is 9.88 Å². The molecule has 0 spiro atoms. The van der Waals surface area contributed by atoms with Crippen molar-refractivity contribution in [1.82, 2.24) is 14.8 Å². The number of hydrogen-bond donors (Lipinski definition) is 0. The van der Waals surface area contributed by atoms with Crippen LogP contribution in [0.15, 0.2) is 29.6 Å². The normalized spacial score (nSPS) is 15.4. The SMILES string of the molecule is Cc1csc(-c2ccc(C(=O)N(C)CCN3CCOCC3)cc2)n1. The van der Waals surface area contributed by atoms with E-state index in [9.17, 15) is 4.79 Å². The molecule has 5 nitrogen and oxygen atoms in total. The molecule has 24 heavy (non-hydrogen) atoms. The quantitative estimate of drug-likeness (QED) is 0.835. The second-order valence-electron chi connectivity index (χ2n) is 6.05. The van der Waals surface area contributed by atoms with Gasteiger partial charge in [0.25, 0.3) is 5.91 Å². The number of rotatable bonds is 5. The Bertz CT molecular complexity index is 678. The van der Waals surface area contributed by atoms with Crippen molar-refractivity contribution in [3.63, 3.8) is 0 Å². The lowest BCUT2D eigenvalue weighted by atomic mass is 10.1. The van der Waals surface area contributed by atoms with Crippen LogP contribution in [-0.2, 0) is 4.74 Å². The van der Waals surface area contributed by atoms with Gasteiger partial charge in [-0.3, -0.25) is 9.69 Å². The van der Waals surface area contributed by atoms with Crippen molar-refractivity contribution in [3.05, 3.63) is 40.9 Å². The van der Waals surface area contributed by atoms with Gasteiger partial charge >= 0.3 is 0 Å². The number of likely N-dealkylation sites (N-methyl/N-ethyl adjacent to an activating group) is 1. The maximum Gasteiger partial charge on any atom is 0.253 e. The van der Waals surface area contributed by atoms with Gasteiger partial charge in [-0.1, -0.05) is 12.1 Å². The number of amides is 1. The summed E-state index contributed by atoms with van der Waals surface area (Å²) in [5.41, 5.74) is 2.80. The lowest BCUT2D eigenvalue weighted by molar-refractivity contribution is 0.0338. The summed E-state index contributed by atoms with van der Waals surface area (Å²) >= 11 is 1.62. The highest BCUT2D eigenvalue weighted by molar-refractivity contribution is 7.13. The lowest BCUT2D eigenvalue weighted by Crippen LogP contribution is -2.41. The van der Waals surface area contributed by atoms with Crippen LogP contribution in [0.2, 0.25) is 0 Å². The average Bonchev–Trinajstić information content (AvgIpc) is 3.06. The van der Waals surface area contributed by atoms with E-state index in [1.165, 1.54) is 0 Å². The summed E-state index contributed by atoms with van der Waals surface area (Å²) < 4.78 is 5.35. The molecule has 0 unspecified atom stereocenters. The molecule has 1 fully saturated rings. The first-order valence-electron chi connectivity index (χ1n) is 8.21. The largest absolute Gasteiger partial charge is 0.379 e. The summed E-state index contributed by atoms with van der Waals surface area (Å²) in [4.78, 5) is 21.1. The number of nitrogens with zero attached hydrogens (tertiary/aromatic N) is 3. The number of morpholine rings is 1. The molecule has 1 saturated heterocycles. The standard InChI is InChI=1S/C18H23N3O2S/c1-14-13-24-17(19-14)15-3-5-16(6-4-15)18(22)20(2)7-8-21-9-11-23-12-10-21/h3-6,13H,7-12H2,1-2H3. The van der Waals surface area contributed by atoms with E-state index >= 15 is 0 Å². The summed E-state index contributed by atoms with van der Waals surface area (Å²) in [6.07, 6.45) is 0. The van der Waals surface area contributed by atoms with E-state index in [-0.39, 0.29) is 5.91 Å². The molecule has 1 aliphatic heterocycles. The predicted molar refractivity (Wildman–Crippen MR) is 96.5 cm³/mol. The van der Waals surface area contributed by atoms with Gasteiger partial charge in [0, 0.05) is 55.4 Å². The van der Waals surface area contributed by atoms with E-state index in [0.717, 1.165) is 61.2 Å². The first-order chi connectivity index (χ1) is 11.6. The van der Waals surface area contributed by atoms with Crippen LogP contribution in [0.25, 0.3) is 10.6 Å². The second-order valence-corrected chi connectivity index (χ2v) is 6.91. The van der Waals surface area contributed by atoms with Gasteiger partial charge in [-0.05, 0) is 19.1 Å². The molecule has 0 saturated carbocycles. The lowest BCUT2D eigenvalue weighted by Gasteiger charge is -2.28. The maximum absolute atomic E-state index is 12.5. The molecule has 1 aliphatic rings. The minimum absolute atomic E-state index is 0.0603. The molecule has 0 aliphatic carbocycles. The van der Waals surface area contributed by atoms with Crippen molar-refractivity contribution in [3.8, 4) is 10.6 Å². The van der Waals surface area contributed by atoms with E-state index in [1.54, 1.807) is 16.2 Å². The van der Waals surface area contributed by atoms with Crippen molar-refractivity contribution in [1.29, 1.82) is 0 Å². The molecule has 2 heterocycles. The Balaban J connectivity index is 1.57. The third-order valence-corrected chi connectivity index (χ3v) is 5.21. The fraction of sp³-hybridized carbons (Fsp3) is 0.444. The highest BCUT2D eigenvalue weighted by atomic mass is 32.1. The molecule has 128 valence electrons. The molecule has 0 radical (unpaired) electrons. The minimum Gasteiger partial charge on any atom is -0.379 e. The number of carbonyl (C=O) groups is 1. The summed E-state index contributed by atoms with van der Waals surface area (Å²) in [5, 5.41) is 3.03. The highest BCUT2D eigenvalue weighted by Crippen LogP contribution is 2.23. The van der Waals surface area contributed by atoms with Crippen LogP contribution in [0.3, 0.4) is 0 Å². The molecular formula is C18H23N3O2S. The van der Waals surface area contributed by atoms with Crippen LogP contribution >= 0.6 is 11.3 Å². The van der Waals surface area contributed by atoms with Gasteiger partial charge in [0.05, 0.1) is 13.2 Å². The first kappa shape index (κ1) is 17.1. The minimum atomic E-state index is 0.0603. The monoisotopic (exact) mass is 345 g/mol. The van der Waals surface area contributed by atoms with Crippen LogP contribution in [0.4, 0.5) is 0 Å². The van der Waals surface area contributed by atoms with Crippen molar-refractivity contribution in [2.45, 2.75) is 6.92 Å². The zero-order valence-corrected chi connectivity index (χ0v) is 15.0. The summed E-state index contributed by atoms with van der Waals surface area (Å²) in [6, 6.07) is 7.72. The number of aryl methyl sites for hydroxylation is 1. The van der Waals surface area contributed by atoms with E-state index < -0.39 is 0 Å². The van der Waals surface area contributed by atoms with Crippen molar-refractivity contribution in [2.24, 2.45) is 0 Å². The van der Waals surface area contributed by atoms with Gasteiger partial charge in [0.1, 0.15) is 5.01 Å². The average molecular weight is 345 g/mol. The maximum atomic E-state index is 12.5. The third kappa shape index (κ3) is 4.20. The number of ether oxygens (including phenoxy) is 1. The summed E-state index contributed by atoms with van der Waals surface area (Å²) in [6.45, 7) is 7.08. The molecule has 0 N–H and O–H groups in total. The molecule has 6 heteroatoms. The van der Waals surface area contributed by atoms with Crippen molar-refractivity contribution < 1.29 is 9.53 Å². The molecule has 0 atom stereocenters. The zero-order valence-electron chi connectivity index (χ0n) is 14.2. The Morgan fingerprint density at radius 3 is 2.62 bits per heavy atom.